The van der Waals surface area contributed by atoms with Crippen molar-refractivity contribution in [3.8, 4) is 0 Å². The highest BCUT2D eigenvalue weighted by Gasteiger charge is 2.38. The second kappa shape index (κ2) is 7.25. The molecule has 1 saturated carbocycles. The Labute approximate surface area is 132 Å². The summed E-state index contributed by atoms with van der Waals surface area (Å²) in [7, 11) is 0. The van der Waals surface area contributed by atoms with Crippen molar-refractivity contribution >= 4 is 11.6 Å². The van der Waals surface area contributed by atoms with E-state index in [0.29, 0.717) is 25.2 Å². The van der Waals surface area contributed by atoms with Crippen molar-refractivity contribution < 1.29 is 9.53 Å². The molecule has 120 valence electrons. The topological polar surface area (TPSA) is 50.4 Å². The molecule has 0 bridgehead atoms. The minimum Gasteiger partial charge on any atom is -0.377 e. The third-order valence-corrected chi connectivity index (χ3v) is 4.85. The first kappa shape index (κ1) is 15.5. The lowest BCUT2D eigenvalue weighted by Crippen LogP contribution is -2.39. The van der Waals surface area contributed by atoms with Crippen molar-refractivity contribution in [1.29, 1.82) is 0 Å². The van der Waals surface area contributed by atoms with Gasteiger partial charge in [0, 0.05) is 18.3 Å². The molecule has 2 aliphatic rings. The zero-order valence-corrected chi connectivity index (χ0v) is 13.3. The summed E-state index contributed by atoms with van der Waals surface area (Å²) in [6.07, 6.45) is 6.08. The van der Waals surface area contributed by atoms with Gasteiger partial charge in [0.1, 0.15) is 0 Å². The van der Waals surface area contributed by atoms with Gasteiger partial charge in [-0.3, -0.25) is 4.79 Å². The molecular weight excluding hydrogens is 276 g/mol. The Bertz CT molecular complexity index is 504. The van der Waals surface area contributed by atoms with Crippen LogP contribution in [0.2, 0.25) is 0 Å². The molecule has 1 aliphatic carbocycles. The van der Waals surface area contributed by atoms with Gasteiger partial charge in [-0.05, 0) is 49.8 Å². The number of rotatable bonds is 5. The summed E-state index contributed by atoms with van der Waals surface area (Å²) < 4.78 is 5.42. The maximum absolute atomic E-state index is 12.5. The molecule has 2 fully saturated rings. The number of hydrogen-bond donors (Lipinski definition) is 2. The van der Waals surface area contributed by atoms with Crippen LogP contribution in [0.4, 0.5) is 5.69 Å². The highest BCUT2D eigenvalue weighted by Crippen LogP contribution is 2.33. The Kier molecular flexibility index (Phi) is 5.11. The van der Waals surface area contributed by atoms with E-state index in [9.17, 15) is 4.79 Å². The van der Waals surface area contributed by atoms with Gasteiger partial charge in [-0.2, -0.15) is 0 Å². The van der Waals surface area contributed by atoms with Crippen LogP contribution in [-0.2, 0) is 16.1 Å². The molecule has 1 aromatic carbocycles. The molecule has 4 heteroatoms. The van der Waals surface area contributed by atoms with Gasteiger partial charge in [-0.1, -0.05) is 25.0 Å². The van der Waals surface area contributed by atoms with E-state index in [4.69, 9.17) is 4.74 Å². The van der Waals surface area contributed by atoms with E-state index >= 15 is 0 Å². The van der Waals surface area contributed by atoms with E-state index in [1.165, 1.54) is 25.7 Å². The first-order valence-corrected chi connectivity index (χ1v) is 8.50. The summed E-state index contributed by atoms with van der Waals surface area (Å²) in [5, 5.41) is 6.58. The number of benzene rings is 1. The Balaban J connectivity index is 1.57. The van der Waals surface area contributed by atoms with E-state index in [1.54, 1.807) is 0 Å². The third-order valence-electron chi connectivity index (χ3n) is 4.85. The fraction of sp³-hybridized carbons (Fsp3) is 0.611. The molecular formula is C18H26N2O2. The molecule has 3 rings (SSSR count). The van der Waals surface area contributed by atoms with Crippen LogP contribution in [-0.4, -0.2) is 24.6 Å². The quantitative estimate of drug-likeness (QED) is 0.879. The molecule has 2 N–H and O–H groups in total. The number of amides is 1. The van der Waals surface area contributed by atoms with Crippen LogP contribution in [0.1, 0.15) is 44.6 Å². The van der Waals surface area contributed by atoms with Gasteiger partial charge in [-0.25, -0.2) is 0 Å². The number of carbonyl (C=O) groups excluding carboxylic acids is 1. The van der Waals surface area contributed by atoms with Crippen LogP contribution in [0.15, 0.2) is 24.3 Å². The van der Waals surface area contributed by atoms with Gasteiger partial charge >= 0.3 is 0 Å². The molecule has 4 nitrogen and oxygen atoms in total. The van der Waals surface area contributed by atoms with Gasteiger partial charge in [0.15, 0.2) is 0 Å². The van der Waals surface area contributed by atoms with Gasteiger partial charge in [0.05, 0.1) is 12.6 Å². The first-order chi connectivity index (χ1) is 10.8. The largest absolute Gasteiger partial charge is 0.377 e. The molecule has 0 radical (unpaired) electrons. The van der Waals surface area contributed by atoms with Crippen molar-refractivity contribution in [2.75, 3.05) is 11.9 Å². The Morgan fingerprint density at radius 1 is 1.36 bits per heavy atom. The summed E-state index contributed by atoms with van der Waals surface area (Å²) >= 11 is 0. The Morgan fingerprint density at radius 3 is 3.05 bits per heavy atom. The Morgan fingerprint density at radius 2 is 2.23 bits per heavy atom. The number of ether oxygens (including phenoxy) is 1. The molecule has 1 saturated heterocycles. The van der Waals surface area contributed by atoms with E-state index in [-0.39, 0.29) is 11.9 Å². The molecule has 0 aromatic heterocycles. The minimum atomic E-state index is -0.0383. The average Bonchev–Trinajstić information content (AvgIpc) is 2.97. The first-order valence-electron chi connectivity index (χ1n) is 8.50. The number of hydrogen-bond acceptors (Lipinski definition) is 3. The maximum Gasteiger partial charge on any atom is 0.241 e. The molecule has 1 amide bonds. The molecule has 1 heterocycles. The summed E-state index contributed by atoms with van der Waals surface area (Å²) in [5.41, 5.74) is 1.95. The monoisotopic (exact) mass is 302 g/mol. The Hall–Kier alpha value is -1.39. The van der Waals surface area contributed by atoms with Gasteiger partial charge < -0.3 is 15.4 Å². The molecule has 1 aromatic rings. The lowest BCUT2D eigenvalue weighted by molar-refractivity contribution is -0.117. The maximum atomic E-state index is 12.5. The number of fused-ring (bicyclic) bond motifs is 1. The zero-order valence-electron chi connectivity index (χ0n) is 13.3. The molecule has 0 spiro atoms. The lowest BCUT2D eigenvalue weighted by atomic mass is 9.85. The van der Waals surface area contributed by atoms with Crippen LogP contribution >= 0.6 is 0 Å². The second-order valence-corrected chi connectivity index (χ2v) is 6.43. The van der Waals surface area contributed by atoms with Crippen LogP contribution < -0.4 is 10.6 Å². The van der Waals surface area contributed by atoms with Crippen molar-refractivity contribution in [2.45, 2.75) is 57.7 Å². The van der Waals surface area contributed by atoms with Crippen LogP contribution in [0, 0.1) is 5.92 Å². The zero-order chi connectivity index (χ0) is 15.4. The minimum absolute atomic E-state index is 0.0383. The highest BCUT2D eigenvalue weighted by molar-refractivity contribution is 5.95. The summed E-state index contributed by atoms with van der Waals surface area (Å²) in [6.45, 7) is 3.27. The van der Waals surface area contributed by atoms with Crippen molar-refractivity contribution in [2.24, 2.45) is 5.92 Å². The van der Waals surface area contributed by atoms with E-state index in [0.717, 1.165) is 17.7 Å². The fourth-order valence-corrected chi connectivity index (χ4v) is 3.71. The van der Waals surface area contributed by atoms with Crippen LogP contribution in [0.25, 0.3) is 0 Å². The summed E-state index contributed by atoms with van der Waals surface area (Å²) in [6, 6.07) is 8.43. The highest BCUT2D eigenvalue weighted by atomic mass is 16.5. The number of nitrogens with one attached hydrogen (secondary N) is 2. The summed E-state index contributed by atoms with van der Waals surface area (Å²) in [4.78, 5) is 12.5. The van der Waals surface area contributed by atoms with Crippen molar-refractivity contribution in [3.63, 3.8) is 0 Å². The lowest BCUT2D eigenvalue weighted by Gasteiger charge is -2.24. The second-order valence-electron chi connectivity index (χ2n) is 6.43. The van der Waals surface area contributed by atoms with E-state index < -0.39 is 0 Å². The molecule has 3 atom stereocenters. The van der Waals surface area contributed by atoms with E-state index in [2.05, 4.69) is 10.6 Å². The third kappa shape index (κ3) is 3.68. The van der Waals surface area contributed by atoms with Gasteiger partial charge in [0.25, 0.3) is 0 Å². The molecule has 3 unspecified atom stereocenters. The van der Waals surface area contributed by atoms with Gasteiger partial charge in [0.2, 0.25) is 5.91 Å². The predicted molar refractivity (Wildman–Crippen MR) is 87.7 cm³/mol. The fourth-order valence-electron chi connectivity index (χ4n) is 3.71. The van der Waals surface area contributed by atoms with Crippen molar-refractivity contribution in [1.82, 2.24) is 5.32 Å². The van der Waals surface area contributed by atoms with Crippen LogP contribution in [0.5, 0.6) is 0 Å². The normalized spacial score (nSPS) is 27.4. The molecule has 22 heavy (non-hydrogen) atoms. The summed E-state index contributed by atoms with van der Waals surface area (Å²) in [5.74, 6) is 0.789. The number of anilines is 1. The van der Waals surface area contributed by atoms with E-state index in [1.807, 2.05) is 31.2 Å². The van der Waals surface area contributed by atoms with Crippen LogP contribution in [0.3, 0.4) is 0 Å². The predicted octanol–water partition coefficient (Wildman–Crippen LogP) is 3.08. The smallest absolute Gasteiger partial charge is 0.241 e. The molecule has 1 aliphatic heterocycles. The van der Waals surface area contributed by atoms with Crippen molar-refractivity contribution in [3.05, 3.63) is 29.8 Å². The number of carbonyl (C=O) groups is 1. The SMILES string of the molecule is CCOCc1cccc(NC(=O)C2CC3CCCCC3N2)c1. The standard InChI is InChI=1S/C18H26N2O2/c1-2-22-12-13-6-5-8-15(10-13)19-18(21)17-11-14-7-3-4-9-16(14)20-17/h5-6,8,10,14,16-17,20H,2-4,7,9,11-12H2,1H3,(H,19,21). The average molecular weight is 302 g/mol. The van der Waals surface area contributed by atoms with Gasteiger partial charge in [-0.15, -0.1) is 0 Å².